The first-order chi connectivity index (χ1) is 6.88. The molecule has 0 bridgehead atoms. The standard InChI is InChI=1S/C9H10ClFO3S/c10-15(13,14)6-5-9(11)7-1-3-8(12)4-2-7/h1-4,9,12H,5-6H2. The molecule has 0 saturated carbocycles. The summed E-state index contributed by atoms with van der Waals surface area (Å²) < 4.78 is 34.6. The maximum Gasteiger partial charge on any atom is 0.232 e. The lowest BCUT2D eigenvalue weighted by Gasteiger charge is -2.06. The van der Waals surface area contributed by atoms with Gasteiger partial charge in [0, 0.05) is 10.7 Å². The van der Waals surface area contributed by atoms with Crippen molar-refractivity contribution >= 4 is 19.7 Å². The Kier molecular flexibility index (Phi) is 3.93. The van der Waals surface area contributed by atoms with Crippen LogP contribution in [0.1, 0.15) is 18.2 Å². The first-order valence-electron chi connectivity index (χ1n) is 4.24. The van der Waals surface area contributed by atoms with E-state index in [2.05, 4.69) is 0 Å². The van der Waals surface area contributed by atoms with Crippen molar-refractivity contribution in [2.24, 2.45) is 0 Å². The molecule has 15 heavy (non-hydrogen) atoms. The molecule has 0 aromatic heterocycles. The maximum absolute atomic E-state index is 13.4. The lowest BCUT2D eigenvalue weighted by atomic mass is 10.1. The van der Waals surface area contributed by atoms with Crippen LogP contribution in [0, 0.1) is 0 Å². The normalized spacial score (nSPS) is 13.7. The van der Waals surface area contributed by atoms with Crippen LogP contribution < -0.4 is 0 Å². The molecule has 1 N–H and O–H groups in total. The van der Waals surface area contributed by atoms with Crippen LogP contribution in [-0.2, 0) is 9.05 Å². The van der Waals surface area contributed by atoms with E-state index in [1.54, 1.807) is 0 Å². The summed E-state index contributed by atoms with van der Waals surface area (Å²) in [6.45, 7) is 0. The quantitative estimate of drug-likeness (QED) is 0.837. The van der Waals surface area contributed by atoms with E-state index in [1.165, 1.54) is 24.3 Å². The second kappa shape index (κ2) is 4.81. The highest BCUT2D eigenvalue weighted by molar-refractivity contribution is 8.13. The Labute approximate surface area is 91.9 Å². The zero-order valence-corrected chi connectivity index (χ0v) is 9.30. The van der Waals surface area contributed by atoms with E-state index < -0.39 is 21.0 Å². The maximum atomic E-state index is 13.4. The molecule has 0 aliphatic heterocycles. The molecule has 0 spiro atoms. The van der Waals surface area contributed by atoms with Gasteiger partial charge in [-0.25, -0.2) is 12.8 Å². The largest absolute Gasteiger partial charge is 0.508 e. The molecule has 1 unspecified atom stereocenters. The number of phenolic OH excluding ortho intramolecular Hbond substituents is 1. The van der Waals surface area contributed by atoms with Gasteiger partial charge < -0.3 is 5.11 Å². The van der Waals surface area contributed by atoms with Gasteiger partial charge in [0.25, 0.3) is 0 Å². The number of aromatic hydroxyl groups is 1. The minimum absolute atomic E-state index is 0.0379. The zero-order valence-electron chi connectivity index (χ0n) is 7.73. The number of hydrogen-bond acceptors (Lipinski definition) is 3. The number of benzene rings is 1. The van der Waals surface area contributed by atoms with Gasteiger partial charge in [-0.05, 0) is 24.1 Å². The van der Waals surface area contributed by atoms with Gasteiger partial charge in [0.05, 0.1) is 5.75 Å². The molecule has 0 aliphatic carbocycles. The Morgan fingerprint density at radius 1 is 1.33 bits per heavy atom. The minimum atomic E-state index is -3.65. The summed E-state index contributed by atoms with van der Waals surface area (Å²) in [6.07, 6.45) is -1.57. The number of halogens is 2. The molecule has 0 aliphatic rings. The molecule has 1 aromatic rings. The van der Waals surface area contributed by atoms with Crippen LogP contribution in [0.2, 0.25) is 0 Å². The van der Waals surface area contributed by atoms with Crippen molar-refractivity contribution in [3.63, 3.8) is 0 Å². The van der Waals surface area contributed by atoms with Crippen molar-refractivity contribution in [3.8, 4) is 5.75 Å². The van der Waals surface area contributed by atoms with Crippen LogP contribution in [0.4, 0.5) is 4.39 Å². The molecule has 0 fully saturated rings. The highest BCUT2D eigenvalue weighted by Gasteiger charge is 2.14. The molecule has 84 valence electrons. The average molecular weight is 253 g/mol. The third-order valence-corrected chi connectivity index (χ3v) is 3.06. The Morgan fingerprint density at radius 2 is 1.87 bits per heavy atom. The van der Waals surface area contributed by atoms with E-state index in [0.29, 0.717) is 5.56 Å². The monoisotopic (exact) mass is 252 g/mol. The summed E-state index contributed by atoms with van der Waals surface area (Å²) in [5.41, 5.74) is 0.327. The minimum Gasteiger partial charge on any atom is -0.508 e. The van der Waals surface area contributed by atoms with Crippen molar-refractivity contribution in [2.45, 2.75) is 12.6 Å². The number of alkyl halides is 1. The second-order valence-electron chi connectivity index (χ2n) is 3.09. The van der Waals surface area contributed by atoms with E-state index in [9.17, 15) is 12.8 Å². The highest BCUT2D eigenvalue weighted by Crippen LogP contribution is 2.24. The van der Waals surface area contributed by atoms with Crippen molar-refractivity contribution in [1.82, 2.24) is 0 Å². The predicted molar refractivity (Wildman–Crippen MR) is 56.2 cm³/mol. The van der Waals surface area contributed by atoms with Crippen molar-refractivity contribution in [3.05, 3.63) is 29.8 Å². The fraction of sp³-hybridized carbons (Fsp3) is 0.333. The first-order valence-corrected chi connectivity index (χ1v) is 6.71. The Hall–Kier alpha value is -0.810. The Morgan fingerprint density at radius 3 is 2.33 bits per heavy atom. The summed E-state index contributed by atoms with van der Waals surface area (Å²) in [4.78, 5) is 0. The topological polar surface area (TPSA) is 54.4 Å². The van der Waals surface area contributed by atoms with Crippen LogP contribution in [0.25, 0.3) is 0 Å². The SMILES string of the molecule is O=S(=O)(Cl)CCC(F)c1ccc(O)cc1. The fourth-order valence-electron chi connectivity index (χ4n) is 1.09. The van der Waals surface area contributed by atoms with Crippen LogP contribution in [0.3, 0.4) is 0 Å². The molecule has 0 radical (unpaired) electrons. The smallest absolute Gasteiger partial charge is 0.232 e. The van der Waals surface area contributed by atoms with Crippen molar-refractivity contribution < 1.29 is 17.9 Å². The fourth-order valence-corrected chi connectivity index (χ4v) is 1.85. The average Bonchev–Trinajstić information content (AvgIpc) is 2.14. The van der Waals surface area contributed by atoms with Gasteiger partial charge in [-0.1, -0.05) is 12.1 Å². The van der Waals surface area contributed by atoms with Gasteiger partial charge in [-0.3, -0.25) is 0 Å². The van der Waals surface area contributed by atoms with Crippen LogP contribution in [0.5, 0.6) is 5.75 Å². The van der Waals surface area contributed by atoms with Crippen LogP contribution in [0.15, 0.2) is 24.3 Å². The molecule has 1 aromatic carbocycles. The molecular formula is C9H10ClFO3S. The summed E-state index contributed by atoms with van der Waals surface area (Å²) in [7, 11) is 1.30. The van der Waals surface area contributed by atoms with Gasteiger partial charge in [-0.15, -0.1) is 0 Å². The number of phenols is 1. The van der Waals surface area contributed by atoms with Crippen molar-refractivity contribution in [2.75, 3.05) is 5.75 Å². The Balaban J connectivity index is 2.61. The molecular weight excluding hydrogens is 243 g/mol. The molecule has 3 nitrogen and oxygen atoms in total. The lowest BCUT2D eigenvalue weighted by Crippen LogP contribution is -2.02. The highest BCUT2D eigenvalue weighted by atomic mass is 35.7. The predicted octanol–water partition coefficient (Wildman–Crippen LogP) is 2.36. The summed E-state index contributed by atoms with van der Waals surface area (Å²) >= 11 is 0. The number of rotatable bonds is 4. The van der Waals surface area contributed by atoms with Crippen LogP contribution >= 0.6 is 10.7 Å². The van der Waals surface area contributed by atoms with E-state index in [-0.39, 0.29) is 12.2 Å². The van der Waals surface area contributed by atoms with E-state index >= 15 is 0 Å². The van der Waals surface area contributed by atoms with Crippen molar-refractivity contribution in [1.29, 1.82) is 0 Å². The molecule has 0 amide bonds. The molecule has 1 rings (SSSR count). The van der Waals surface area contributed by atoms with Gasteiger partial charge in [0.1, 0.15) is 11.9 Å². The van der Waals surface area contributed by atoms with Gasteiger partial charge in [-0.2, -0.15) is 0 Å². The third-order valence-electron chi connectivity index (χ3n) is 1.87. The van der Waals surface area contributed by atoms with E-state index in [0.717, 1.165) is 0 Å². The Bertz CT molecular complexity index is 415. The summed E-state index contributed by atoms with van der Waals surface area (Å²) in [6, 6.07) is 5.50. The van der Waals surface area contributed by atoms with Gasteiger partial charge in [0.2, 0.25) is 9.05 Å². The van der Waals surface area contributed by atoms with Crippen LogP contribution in [-0.4, -0.2) is 19.3 Å². The van der Waals surface area contributed by atoms with E-state index in [4.69, 9.17) is 15.8 Å². The zero-order chi connectivity index (χ0) is 11.5. The second-order valence-corrected chi connectivity index (χ2v) is 5.99. The third kappa shape index (κ3) is 4.48. The molecule has 0 saturated heterocycles. The summed E-state index contributed by atoms with van der Waals surface area (Å²) in [5, 5.41) is 8.96. The van der Waals surface area contributed by atoms with Gasteiger partial charge in [0.15, 0.2) is 0 Å². The lowest BCUT2D eigenvalue weighted by molar-refractivity contribution is 0.335. The molecule has 1 atom stereocenters. The van der Waals surface area contributed by atoms with E-state index in [1.807, 2.05) is 0 Å². The number of hydrogen-bond donors (Lipinski definition) is 1. The molecule has 6 heteroatoms. The first kappa shape index (κ1) is 12.3. The van der Waals surface area contributed by atoms with Gasteiger partial charge >= 0.3 is 0 Å². The summed E-state index contributed by atoms with van der Waals surface area (Å²) in [5.74, 6) is -0.368. The molecule has 0 heterocycles.